The van der Waals surface area contributed by atoms with Crippen LogP contribution in [0.3, 0.4) is 0 Å². The fourth-order valence-electron chi connectivity index (χ4n) is 2.82. The maximum atomic E-state index is 12.2. The van der Waals surface area contributed by atoms with Gasteiger partial charge in [0.2, 0.25) is 11.8 Å². The van der Waals surface area contributed by atoms with E-state index >= 15 is 0 Å². The number of nitrogens with one attached hydrogen (secondary N) is 3. The van der Waals surface area contributed by atoms with Gasteiger partial charge in [-0.15, -0.1) is 0 Å². The van der Waals surface area contributed by atoms with Crippen molar-refractivity contribution in [2.45, 2.75) is 59.1 Å². The molecule has 0 saturated carbocycles. The van der Waals surface area contributed by atoms with Gasteiger partial charge in [-0.2, -0.15) is 0 Å². The zero-order valence-corrected chi connectivity index (χ0v) is 19.3. The molecule has 0 aliphatic heterocycles. The Morgan fingerprint density at radius 3 is 2.06 bits per heavy atom. The molecule has 0 heterocycles. The summed E-state index contributed by atoms with van der Waals surface area (Å²) in [6.45, 7) is 7.95. The van der Waals surface area contributed by atoms with Crippen LogP contribution in [0.1, 0.15) is 50.3 Å². The summed E-state index contributed by atoms with van der Waals surface area (Å²) in [6, 6.07) is 15.5. The van der Waals surface area contributed by atoms with E-state index in [0.29, 0.717) is 19.4 Å². The third-order valence-corrected chi connectivity index (χ3v) is 4.51. The van der Waals surface area contributed by atoms with Crippen molar-refractivity contribution in [1.82, 2.24) is 10.6 Å². The second-order valence-corrected chi connectivity index (χ2v) is 8.69. The summed E-state index contributed by atoms with van der Waals surface area (Å²) in [4.78, 5) is 35.7. The maximum Gasteiger partial charge on any atom is 0.407 e. The van der Waals surface area contributed by atoms with E-state index in [0.717, 1.165) is 16.8 Å². The number of amides is 3. The molecule has 2 aromatic carbocycles. The molecule has 2 rings (SSSR count). The molecule has 0 unspecified atom stereocenters. The van der Waals surface area contributed by atoms with Crippen molar-refractivity contribution < 1.29 is 19.1 Å². The van der Waals surface area contributed by atoms with Gasteiger partial charge in [0, 0.05) is 31.6 Å². The Morgan fingerprint density at radius 1 is 0.812 bits per heavy atom. The minimum atomic E-state index is -0.570. The van der Waals surface area contributed by atoms with E-state index in [4.69, 9.17) is 4.74 Å². The third-order valence-electron chi connectivity index (χ3n) is 4.51. The van der Waals surface area contributed by atoms with Gasteiger partial charge in [0.1, 0.15) is 5.60 Å². The zero-order valence-electron chi connectivity index (χ0n) is 19.3. The first-order valence-electron chi connectivity index (χ1n) is 10.8. The Balaban J connectivity index is 1.66. The van der Waals surface area contributed by atoms with E-state index in [-0.39, 0.29) is 24.8 Å². The van der Waals surface area contributed by atoms with Gasteiger partial charge >= 0.3 is 6.09 Å². The molecule has 0 fully saturated rings. The quantitative estimate of drug-likeness (QED) is 0.548. The summed E-state index contributed by atoms with van der Waals surface area (Å²) in [6.07, 6.45) is 0.729. The molecule has 0 aliphatic rings. The molecule has 0 spiro atoms. The van der Waals surface area contributed by atoms with Crippen molar-refractivity contribution in [3.8, 4) is 0 Å². The number of benzene rings is 2. The van der Waals surface area contributed by atoms with Crippen LogP contribution in [0.4, 0.5) is 10.5 Å². The fraction of sp³-hybridized carbons (Fsp3) is 0.400. The van der Waals surface area contributed by atoms with Crippen LogP contribution < -0.4 is 16.0 Å². The largest absolute Gasteiger partial charge is 0.444 e. The van der Waals surface area contributed by atoms with Crippen LogP contribution in [-0.4, -0.2) is 30.1 Å². The van der Waals surface area contributed by atoms with Crippen LogP contribution in [0, 0.1) is 6.92 Å². The molecule has 0 aliphatic carbocycles. The molecule has 0 atom stereocenters. The highest BCUT2D eigenvalue weighted by Crippen LogP contribution is 2.12. The van der Waals surface area contributed by atoms with E-state index in [1.165, 1.54) is 5.56 Å². The van der Waals surface area contributed by atoms with Gasteiger partial charge in [-0.3, -0.25) is 9.59 Å². The molecule has 3 amide bonds. The van der Waals surface area contributed by atoms with Crippen LogP contribution in [0.15, 0.2) is 48.5 Å². The lowest BCUT2D eigenvalue weighted by Crippen LogP contribution is -2.35. The highest BCUT2D eigenvalue weighted by Gasteiger charge is 2.15. The second kappa shape index (κ2) is 11.9. The van der Waals surface area contributed by atoms with Gasteiger partial charge in [-0.25, -0.2) is 4.79 Å². The molecular formula is C25H33N3O4. The first kappa shape index (κ1) is 24.9. The van der Waals surface area contributed by atoms with Crippen molar-refractivity contribution in [2.75, 3.05) is 11.9 Å². The molecule has 2 aromatic rings. The molecule has 0 aromatic heterocycles. The van der Waals surface area contributed by atoms with Crippen LogP contribution in [0.5, 0.6) is 0 Å². The zero-order chi connectivity index (χ0) is 23.6. The molecule has 0 saturated heterocycles. The molecule has 7 nitrogen and oxygen atoms in total. The Morgan fingerprint density at radius 2 is 1.44 bits per heavy atom. The fourth-order valence-corrected chi connectivity index (χ4v) is 2.82. The summed E-state index contributed by atoms with van der Waals surface area (Å²) < 4.78 is 5.12. The average Bonchev–Trinajstić information content (AvgIpc) is 2.71. The predicted octanol–water partition coefficient (Wildman–Crippen LogP) is 4.10. The number of hydrogen-bond acceptors (Lipinski definition) is 4. The van der Waals surface area contributed by atoms with Crippen molar-refractivity contribution >= 4 is 23.6 Å². The summed E-state index contributed by atoms with van der Waals surface area (Å²) in [5.41, 5.74) is 3.40. The first-order valence-corrected chi connectivity index (χ1v) is 10.8. The molecule has 7 heteroatoms. The average molecular weight is 440 g/mol. The Hall–Kier alpha value is -3.35. The highest BCUT2D eigenvalue weighted by atomic mass is 16.6. The first-order chi connectivity index (χ1) is 15.1. The number of ether oxygens (including phenoxy) is 1. The van der Waals surface area contributed by atoms with E-state index in [1.54, 1.807) is 20.8 Å². The normalized spacial score (nSPS) is 10.9. The number of aryl methyl sites for hydroxylation is 2. The van der Waals surface area contributed by atoms with E-state index < -0.39 is 11.7 Å². The van der Waals surface area contributed by atoms with E-state index in [1.807, 2.05) is 55.5 Å². The number of alkyl carbamates (subject to hydrolysis) is 1. The highest BCUT2D eigenvalue weighted by molar-refractivity contribution is 5.90. The molecule has 0 bridgehead atoms. The Kier molecular flexibility index (Phi) is 9.25. The van der Waals surface area contributed by atoms with Crippen molar-refractivity contribution in [3.63, 3.8) is 0 Å². The van der Waals surface area contributed by atoms with Crippen molar-refractivity contribution in [1.29, 1.82) is 0 Å². The third kappa shape index (κ3) is 10.1. The van der Waals surface area contributed by atoms with E-state index in [2.05, 4.69) is 16.0 Å². The van der Waals surface area contributed by atoms with Crippen LogP contribution >= 0.6 is 0 Å². The van der Waals surface area contributed by atoms with Crippen molar-refractivity contribution in [3.05, 3.63) is 65.2 Å². The maximum absolute atomic E-state index is 12.2. The second-order valence-electron chi connectivity index (χ2n) is 8.69. The topological polar surface area (TPSA) is 96.5 Å². The molecule has 3 N–H and O–H groups in total. The van der Waals surface area contributed by atoms with Gasteiger partial charge in [-0.1, -0.05) is 42.0 Å². The van der Waals surface area contributed by atoms with Gasteiger partial charge < -0.3 is 20.7 Å². The van der Waals surface area contributed by atoms with Crippen LogP contribution in [0.2, 0.25) is 0 Å². The van der Waals surface area contributed by atoms with Crippen molar-refractivity contribution in [2.24, 2.45) is 0 Å². The standard InChI is InChI=1S/C25H33N3O4/c1-18-5-7-19(8-6-18)11-14-23(30)28-21-12-9-20(10-13-21)17-27-22(29)15-16-26-24(31)32-25(2,3)4/h5-10,12-13H,11,14-17H2,1-4H3,(H,26,31)(H,27,29)(H,28,30). The molecule has 32 heavy (non-hydrogen) atoms. The predicted molar refractivity (Wildman–Crippen MR) is 125 cm³/mol. The van der Waals surface area contributed by atoms with E-state index in [9.17, 15) is 14.4 Å². The molecular weight excluding hydrogens is 406 g/mol. The smallest absolute Gasteiger partial charge is 0.407 e. The lowest BCUT2D eigenvalue weighted by atomic mass is 10.1. The summed E-state index contributed by atoms with van der Waals surface area (Å²) >= 11 is 0. The lowest BCUT2D eigenvalue weighted by molar-refractivity contribution is -0.121. The summed E-state index contributed by atoms with van der Waals surface area (Å²) in [5.74, 6) is -0.210. The van der Waals surface area contributed by atoms with Crippen LogP contribution in [0.25, 0.3) is 0 Å². The number of anilines is 1. The van der Waals surface area contributed by atoms with Gasteiger partial charge in [0.25, 0.3) is 0 Å². The summed E-state index contributed by atoms with van der Waals surface area (Å²) in [5, 5.41) is 8.25. The Bertz CT molecular complexity index is 900. The Labute approximate surface area is 189 Å². The minimum absolute atomic E-state index is 0.0379. The lowest BCUT2D eigenvalue weighted by Gasteiger charge is -2.19. The summed E-state index contributed by atoms with van der Waals surface area (Å²) in [7, 11) is 0. The van der Waals surface area contributed by atoms with Gasteiger partial charge in [0.15, 0.2) is 0 Å². The SMILES string of the molecule is Cc1ccc(CCC(=O)Nc2ccc(CNC(=O)CCNC(=O)OC(C)(C)C)cc2)cc1. The number of rotatable bonds is 9. The van der Waals surface area contributed by atoms with Gasteiger partial charge in [-0.05, 0) is 57.4 Å². The number of carbonyl (C=O) groups excluding carboxylic acids is 3. The minimum Gasteiger partial charge on any atom is -0.444 e. The van der Waals surface area contributed by atoms with Gasteiger partial charge in [0.05, 0.1) is 0 Å². The molecule has 0 radical (unpaired) electrons. The monoisotopic (exact) mass is 439 g/mol. The van der Waals surface area contributed by atoms with Crippen LogP contribution in [-0.2, 0) is 27.3 Å². The number of carbonyl (C=O) groups is 3. The number of hydrogen-bond donors (Lipinski definition) is 3. The molecule has 172 valence electrons.